The fourth-order valence-electron chi connectivity index (χ4n) is 2.64. The van der Waals surface area contributed by atoms with Crippen molar-refractivity contribution >= 4 is 38.1 Å². The standard InChI is InChI=1S/C18H21BrFN7O7S/c1-18(2,3)32-16(28)25-35(30,31)26(4)8-7-21-14-13(22-34-23-14)15-24-33-17(29)27(15)10-5-6-12(20)11(19)9-10/h5-6,9H,7-8H2,1-4H3,(H,21,23)(H,25,28). The van der Waals surface area contributed by atoms with Gasteiger partial charge in [-0.3, -0.25) is 4.52 Å². The lowest BCUT2D eigenvalue weighted by Gasteiger charge is -2.22. The molecule has 0 saturated heterocycles. The molecule has 2 heterocycles. The molecule has 1 amide bonds. The number of nitrogens with one attached hydrogen (secondary N) is 2. The van der Waals surface area contributed by atoms with Crippen molar-refractivity contribution in [1.29, 1.82) is 0 Å². The number of amides is 1. The first-order valence-electron chi connectivity index (χ1n) is 9.86. The van der Waals surface area contributed by atoms with Crippen LogP contribution in [0.5, 0.6) is 0 Å². The predicted octanol–water partition coefficient (Wildman–Crippen LogP) is 1.89. The van der Waals surface area contributed by atoms with Crippen molar-refractivity contribution in [2.24, 2.45) is 0 Å². The van der Waals surface area contributed by atoms with Crippen molar-refractivity contribution in [3.63, 3.8) is 0 Å². The summed E-state index contributed by atoms with van der Waals surface area (Å²) in [6.07, 6.45) is -1.11. The van der Waals surface area contributed by atoms with Gasteiger partial charge in [0.05, 0.1) is 10.2 Å². The Hall–Kier alpha value is -3.31. The Morgan fingerprint density at radius 1 is 1.29 bits per heavy atom. The third-order valence-corrected chi connectivity index (χ3v) is 6.24. The van der Waals surface area contributed by atoms with E-state index >= 15 is 0 Å². The summed E-state index contributed by atoms with van der Waals surface area (Å²) in [4.78, 5) is 24.0. The number of carbonyl (C=O) groups is 1. The maximum Gasteiger partial charge on any atom is 0.446 e. The number of carbonyl (C=O) groups excluding carboxylic acids is 1. The number of nitrogens with zero attached hydrogens (tertiary/aromatic N) is 5. The Balaban J connectivity index is 1.71. The Kier molecular flexibility index (Phi) is 7.61. The summed E-state index contributed by atoms with van der Waals surface area (Å²) in [5.41, 5.74) is -0.664. The predicted molar refractivity (Wildman–Crippen MR) is 122 cm³/mol. The fraction of sp³-hybridized carbons (Fsp3) is 0.389. The fourth-order valence-corrected chi connectivity index (χ4v) is 3.74. The van der Waals surface area contributed by atoms with E-state index in [0.717, 1.165) is 14.9 Å². The summed E-state index contributed by atoms with van der Waals surface area (Å²) in [6.45, 7) is 4.68. The number of benzene rings is 1. The molecule has 0 fully saturated rings. The van der Waals surface area contributed by atoms with Crippen LogP contribution >= 0.6 is 15.9 Å². The van der Waals surface area contributed by atoms with Gasteiger partial charge >= 0.3 is 22.1 Å². The maximum atomic E-state index is 13.6. The normalized spacial score (nSPS) is 12.1. The van der Waals surface area contributed by atoms with Crippen molar-refractivity contribution in [1.82, 2.24) is 29.1 Å². The highest BCUT2D eigenvalue weighted by molar-refractivity contribution is 9.10. The largest absolute Gasteiger partial charge is 0.446 e. The summed E-state index contributed by atoms with van der Waals surface area (Å²) in [7, 11) is -2.93. The minimum Gasteiger partial charge on any atom is -0.443 e. The lowest BCUT2D eigenvalue weighted by atomic mass is 10.2. The van der Waals surface area contributed by atoms with E-state index in [2.05, 4.69) is 36.7 Å². The van der Waals surface area contributed by atoms with Gasteiger partial charge in [0.15, 0.2) is 5.69 Å². The van der Waals surface area contributed by atoms with Gasteiger partial charge < -0.3 is 10.1 Å². The lowest BCUT2D eigenvalue weighted by molar-refractivity contribution is 0.0567. The first-order valence-corrected chi connectivity index (χ1v) is 12.1. The molecule has 0 radical (unpaired) electrons. The van der Waals surface area contributed by atoms with Crippen molar-refractivity contribution in [3.8, 4) is 17.2 Å². The number of aromatic nitrogens is 4. The van der Waals surface area contributed by atoms with Gasteiger partial charge in [0.25, 0.3) is 0 Å². The average molecular weight is 578 g/mol. The topological polar surface area (TPSA) is 175 Å². The summed E-state index contributed by atoms with van der Waals surface area (Å²) in [5.74, 6) is -1.47. The molecule has 190 valence electrons. The number of hydrogen-bond acceptors (Lipinski definition) is 11. The molecule has 0 atom stereocenters. The summed E-state index contributed by atoms with van der Waals surface area (Å²) in [6, 6.07) is 3.82. The van der Waals surface area contributed by atoms with Crippen LogP contribution in [-0.2, 0) is 14.9 Å². The molecule has 1 aromatic carbocycles. The monoisotopic (exact) mass is 577 g/mol. The zero-order chi connectivity index (χ0) is 26.0. The molecule has 3 aromatic rings. The minimum absolute atomic E-state index is 0.00286. The van der Waals surface area contributed by atoms with Crippen LogP contribution in [0.15, 0.2) is 36.6 Å². The van der Waals surface area contributed by atoms with Crippen molar-refractivity contribution in [2.75, 3.05) is 25.5 Å². The zero-order valence-corrected chi connectivity index (χ0v) is 21.3. The van der Waals surface area contributed by atoms with Crippen molar-refractivity contribution < 1.29 is 31.5 Å². The SMILES string of the molecule is CN(CCNc1nonc1-c1noc(=O)n1-c1ccc(F)c(Br)c1)S(=O)(=O)NC(=O)OC(C)(C)C. The maximum absolute atomic E-state index is 13.6. The Morgan fingerprint density at radius 2 is 2.00 bits per heavy atom. The number of ether oxygens (including phenoxy) is 1. The molecule has 0 unspecified atom stereocenters. The molecule has 14 nitrogen and oxygen atoms in total. The van der Waals surface area contributed by atoms with Gasteiger partial charge in [-0.25, -0.2) is 27.9 Å². The molecule has 0 aliphatic heterocycles. The van der Waals surface area contributed by atoms with E-state index in [4.69, 9.17) is 13.9 Å². The molecule has 0 saturated carbocycles. The molecule has 0 aliphatic rings. The highest BCUT2D eigenvalue weighted by Gasteiger charge is 2.26. The van der Waals surface area contributed by atoms with Gasteiger partial charge in [-0.2, -0.15) is 12.7 Å². The lowest BCUT2D eigenvalue weighted by Crippen LogP contribution is -2.45. The van der Waals surface area contributed by atoms with Crippen molar-refractivity contribution in [2.45, 2.75) is 26.4 Å². The van der Waals surface area contributed by atoms with E-state index < -0.39 is 33.5 Å². The molecular formula is C18H21BrFN7O7S. The Morgan fingerprint density at radius 3 is 2.66 bits per heavy atom. The molecule has 0 spiro atoms. The number of anilines is 1. The first kappa shape index (κ1) is 26.3. The minimum atomic E-state index is -4.18. The van der Waals surface area contributed by atoms with Gasteiger partial charge in [0.1, 0.15) is 11.4 Å². The van der Waals surface area contributed by atoms with Crippen LogP contribution < -0.4 is 15.8 Å². The summed E-state index contributed by atoms with van der Waals surface area (Å²) in [5, 5.41) is 13.9. The second kappa shape index (κ2) is 10.1. The molecule has 0 bridgehead atoms. The summed E-state index contributed by atoms with van der Waals surface area (Å²) >= 11 is 3.05. The van der Waals surface area contributed by atoms with Crippen LogP contribution in [0.3, 0.4) is 0 Å². The van der Waals surface area contributed by atoms with Crippen LogP contribution in [0.25, 0.3) is 17.2 Å². The number of halogens is 2. The van der Waals surface area contributed by atoms with Gasteiger partial charge in [-0.15, -0.1) is 0 Å². The summed E-state index contributed by atoms with van der Waals surface area (Å²) < 4.78 is 56.5. The average Bonchev–Trinajstić information content (AvgIpc) is 3.34. The van der Waals surface area contributed by atoms with Gasteiger partial charge in [-0.1, -0.05) is 5.16 Å². The van der Waals surface area contributed by atoms with Gasteiger partial charge in [0.2, 0.25) is 11.6 Å². The highest BCUT2D eigenvalue weighted by atomic mass is 79.9. The van der Waals surface area contributed by atoms with E-state index in [-0.39, 0.29) is 40.6 Å². The van der Waals surface area contributed by atoms with E-state index in [0.29, 0.717) is 0 Å². The Labute approximate surface area is 206 Å². The number of rotatable bonds is 8. The molecule has 0 aliphatic carbocycles. The quantitative estimate of drug-likeness (QED) is 0.399. The second-order valence-corrected chi connectivity index (χ2v) is 10.7. The van der Waals surface area contributed by atoms with Gasteiger partial charge in [-0.05, 0) is 65.2 Å². The molecule has 17 heteroatoms. The third-order valence-electron chi connectivity index (χ3n) is 4.21. The number of likely N-dealkylation sites (N-methyl/N-ethyl adjacent to an activating group) is 1. The highest BCUT2D eigenvalue weighted by Crippen LogP contribution is 2.26. The van der Waals surface area contributed by atoms with Crippen molar-refractivity contribution in [3.05, 3.63) is 39.0 Å². The van der Waals surface area contributed by atoms with Crippen LogP contribution in [0, 0.1) is 5.82 Å². The van der Waals surface area contributed by atoms with Crippen LogP contribution in [0.4, 0.5) is 15.0 Å². The zero-order valence-electron chi connectivity index (χ0n) is 18.9. The first-order chi connectivity index (χ1) is 16.3. The Bertz CT molecular complexity index is 1380. The second-order valence-electron chi connectivity index (χ2n) is 8.02. The number of hydrogen-bond donors (Lipinski definition) is 2. The van der Waals surface area contributed by atoms with Crippen LogP contribution in [0.2, 0.25) is 0 Å². The van der Waals surface area contributed by atoms with Crippen LogP contribution in [-0.4, -0.2) is 64.6 Å². The molecular weight excluding hydrogens is 557 g/mol. The smallest absolute Gasteiger partial charge is 0.443 e. The van der Waals surface area contributed by atoms with E-state index in [1.54, 1.807) is 25.5 Å². The molecule has 35 heavy (non-hydrogen) atoms. The van der Waals surface area contributed by atoms with E-state index in [9.17, 15) is 22.4 Å². The van der Waals surface area contributed by atoms with E-state index in [1.807, 2.05) is 0 Å². The van der Waals surface area contributed by atoms with Gasteiger partial charge in [0, 0.05) is 20.1 Å². The van der Waals surface area contributed by atoms with E-state index in [1.165, 1.54) is 19.2 Å². The molecule has 3 rings (SSSR count). The molecule has 2 aromatic heterocycles. The molecule has 2 N–H and O–H groups in total. The third kappa shape index (κ3) is 6.43. The van der Waals surface area contributed by atoms with Crippen LogP contribution in [0.1, 0.15) is 20.8 Å².